The lowest BCUT2D eigenvalue weighted by Crippen LogP contribution is -2.20. The van der Waals surface area contributed by atoms with Crippen molar-refractivity contribution in [1.82, 2.24) is 0 Å². The fourth-order valence-corrected chi connectivity index (χ4v) is 4.64. The lowest BCUT2D eigenvalue weighted by atomic mass is 9.92. The van der Waals surface area contributed by atoms with Crippen molar-refractivity contribution in [2.24, 2.45) is 29.6 Å². The fraction of sp³-hybridized carbons (Fsp3) is 0.739. The van der Waals surface area contributed by atoms with E-state index in [-0.39, 0.29) is 12.1 Å². The Morgan fingerprint density at radius 1 is 1.04 bits per heavy atom. The van der Waals surface area contributed by atoms with E-state index in [0.717, 1.165) is 25.2 Å². The summed E-state index contributed by atoms with van der Waals surface area (Å²) in [6.07, 6.45) is 10.2. The molecule has 0 amide bonds. The van der Waals surface area contributed by atoms with Crippen molar-refractivity contribution < 1.29 is 19.4 Å². The van der Waals surface area contributed by atoms with Gasteiger partial charge < -0.3 is 9.84 Å². The van der Waals surface area contributed by atoms with Crippen LogP contribution in [0.3, 0.4) is 0 Å². The number of carboxylic acids is 1. The molecular formula is C23H38O4. The number of allylic oxidation sites excluding steroid dienone is 1. The summed E-state index contributed by atoms with van der Waals surface area (Å²) in [7, 11) is 0. The van der Waals surface area contributed by atoms with Crippen molar-refractivity contribution in [1.29, 1.82) is 0 Å². The lowest BCUT2D eigenvalue weighted by molar-refractivity contribution is -0.144. The zero-order valence-corrected chi connectivity index (χ0v) is 17.7. The molecule has 2 aliphatic rings. The fourth-order valence-electron chi connectivity index (χ4n) is 4.64. The average Bonchev–Trinajstić information content (AvgIpc) is 3.16. The summed E-state index contributed by atoms with van der Waals surface area (Å²) in [6.45, 7) is 13.9. The third kappa shape index (κ3) is 7.51. The van der Waals surface area contributed by atoms with Crippen molar-refractivity contribution in [2.45, 2.75) is 79.2 Å². The summed E-state index contributed by atoms with van der Waals surface area (Å²) in [5.41, 5.74) is 0.502. The minimum atomic E-state index is -0.778. The van der Waals surface area contributed by atoms with Gasteiger partial charge in [-0.1, -0.05) is 46.8 Å². The van der Waals surface area contributed by atoms with Gasteiger partial charge in [0.1, 0.15) is 6.10 Å². The first-order valence-electron chi connectivity index (χ1n) is 10.5. The highest BCUT2D eigenvalue weighted by Crippen LogP contribution is 2.39. The summed E-state index contributed by atoms with van der Waals surface area (Å²) in [4.78, 5) is 21.7. The molecule has 0 saturated heterocycles. The van der Waals surface area contributed by atoms with Crippen LogP contribution in [-0.2, 0) is 14.3 Å². The van der Waals surface area contributed by atoms with Crippen LogP contribution < -0.4 is 0 Å². The van der Waals surface area contributed by atoms with Gasteiger partial charge in [-0.25, -0.2) is 9.59 Å². The second-order valence-electron chi connectivity index (χ2n) is 8.49. The van der Waals surface area contributed by atoms with Crippen LogP contribution in [0, 0.1) is 29.6 Å². The molecular weight excluding hydrogens is 340 g/mol. The Labute approximate surface area is 165 Å². The molecule has 0 aromatic rings. The van der Waals surface area contributed by atoms with Crippen LogP contribution in [0.2, 0.25) is 0 Å². The first kappa shape index (κ1) is 23.5. The smallest absolute Gasteiger partial charge is 0.330 e. The zero-order valence-electron chi connectivity index (χ0n) is 17.7. The van der Waals surface area contributed by atoms with E-state index in [1.165, 1.54) is 25.3 Å². The van der Waals surface area contributed by atoms with Gasteiger partial charge in [-0.15, -0.1) is 0 Å². The molecule has 2 saturated carbocycles. The second kappa shape index (κ2) is 11.3. The molecule has 154 valence electrons. The van der Waals surface area contributed by atoms with Gasteiger partial charge in [0.25, 0.3) is 0 Å². The van der Waals surface area contributed by atoms with Crippen LogP contribution in [0.5, 0.6) is 0 Å². The second-order valence-corrected chi connectivity index (χ2v) is 8.49. The molecule has 0 aliphatic heterocycles. The van der Waals surface area contributed by atoms with Crippen molar-refractivity contribution in [2.75, 3.05) is 0 Å². The van der Waals surface area contributed by atoms with Crippen LogP contribution >= 0.6 is 0 Å². The van der Waals surface area contributed by atoms with E-state index in [9.17, 15) is 9.59 Å². The normalized spacial score (nSPS) is 33.1. The van der Waals surface area contributed by atoms with Gasteiger partial charge in [0.15, 0.2) is 0 Å². The highest BCUT2D eigenvalue weighted by Gasteiger charge is 2.33. The zero-order chi connectivity index (χ0) is 20.6. The van der Waals surface area contributed by atoms with Crippen molar-refractivity contribution in [3.8, 4) is 0 Å². The Bertz CT molecular complexity index is 536. The Hall–Kier alpha value is -1.58. The van der Waals surface area contributed by atoms with Gasteiger partial charge in [-0.05, 0) is 68.6 Å². The summed E-state index contributed by atoms with van der Waals surface area (Å²) in [5.74, 6) is 2.12. The SMILES string of the molecule is C=CC(=O)OC1CC(C)CC1CC.CCC1CC(C)CC1C=C(C)C(=O)O. The van der Waals surface area contributed by atoms with E-state index in [1.54, 1.807) is 6.92 Å². The molecule has 0 spiro atoms. The minimum Gasteiger partial charge on any atom is -0.478 e. The van der Waals surface area contributed by atoms with Gasteiger partial charge in [-0.3, -0.25) is 0 Å². The van der Waals surface area contributed by atoms with E-state index in [2.05, 4.69) is 34.3 Å². The number of carbonyl (C=O) groups excluding carboxylic acids is 1. The maximum absolute atomic E-state index is 11.0. The number of hydrogen-bond donors (Lipinski definition) is 1. The van der Waals surface area contributed by atoms with Gasteiger partial charge in [0.2, 0.25) is 0 Å². The molecule has 27 heavy (non-hydrogen) atoms. The number of esters is 1. The largest absolute Gasteiger partial charge is 0.478 e. The molecule has 0 radical (unpaired) electrons. The molecule has 6 atom stereocenters. The monoisotopic (exact) mass is 378 g/mol. The van der Waals surface area contributed by atoms with Gasteiger partial charge in [0.05, 0.1) is 0 Å². The average molecular weight is 379 g/mol. The van der Waals surface area contributed by atoms with E-state index in [4.69, 9.17) is 9.84 Å². The number of rotatable bonds is 6. The van der Waals surface area contributed by atoms with E-state index in [1.807, 2.05) is 6.08 Å². The molecule has 1 N–H and O–H groups in total. The third-order valence-electron chi connectivity index (χ3n) is 6.14. The first-order chi connectivity index (χ1) is 12.7. The highest BCUT2D eigenvalue weighted by atomic mass is 16.5. The molecule has 2 fully saturated rings. The highest BCUT2D eigenvalue weighted by molar-refractivity contribution is 5.85. The first-order valence-corrected chi connectivity index (χ1v) is 10.5. The van der Waals surface area contributed by atoms with Crippen molar-refractivity contribution in [3.63, 3.8) is 0 Å². The molecule has 0 bridgehead atoms. The Morgan fingerprint density at radius 3 is 2.11 bits per heavy atom. The summed E-state index contributed by atoms with van der Waals surface area (Å²) in [5, 5.41) is 8.80. The molecule has 4 nitrogen and oxygen atoms in total. The number of ether oxygens (including phenoxy) is 1. The number of carboxylic acid groups (broad SMARTS) is 1. The van der Waals surface area contributed by atoms with Crippen molar-refractivity contribution >= 4 is 11.9 Å². The predicted octanol–water partition coefficient (Wildman–Crippen LogP) is 5.63. The van der Waals surface area contributed by atoms with Crippen molar-refractivity contribution in [3.05, 3.63) is 24.3 Å². The van der Waals surface area contributed by atoms with E-state index < -0.39 is 5.97 Å². The minimum absolute atomic E-state index is 0.130. The van der Waals surface area contributed by atoms with Crippen LogP contribution in [0.15, 0.2) is 24.3 Å². The van der Waals surface area contributed by atoms with E-state index in [0.29, 0.717) is 29.2 Å². The maximum atomic E-state index is 11.0. The predicted molar refractivity (Wildman–Crippen MR) is 109 cm³/mol. The Kier molecular flexibility index (Phi) is 9.82. The van der Waals surface area contributed by atoms with Gasteiger partial charge in [0, 0.05) is 11.6 Å². The molecule has 0 heterocycles. The van der Waals surface area contributed by atoms with E-state index >= 15 is 0 Å². The molecule has 6 unspecified atom stereocenters. The topological polar surface area (TPSA) is 63.6 Å². The quantitative estimate of drug-likeness (QED) is 0.480. The molecule has 4 heteroatoms. The van der Waals surface area contributed by atoms with Crippen LogP contribution in [0.4, 0.5) is 0 Å². The van der Waals surface area contributed by atoms with Gasteiger partial charge >= 0.3 is 11.9 Å². The summed E-state index contributed by atoms with van der Waals surface area (Å²) in [6, 6.07) is 0. The van der Waals surface area contributed by atoms with Crippen LogP contribution in [0.1, 0.15) is 73.1 Å². The van der Waals surface area contributed by atoms with Crippen LogP contribution in [0.25, 0.3) is 0 Å². The standard InChI is InChI=1S/C12H20O2.C11H18O2/c1-4-10-5-8(2)6-11(10)7-9(3)12(13)14;1-4-9-6-8(3)7-10(9)13-11(12)5-2/h7-8,10-11H,4-6H2,1-3H3,(H,13,14);5,8-10H,2,4,6-7H2,1,3H3. The molecule has 2 aliphatic carbocycles. The Balaban J connectivity index is 0.000000271. The molecule has 0 aromatic carbocycles. The summed E-state index contributed by atoms with van der Waals surface area (Å²) < 4.78 is 5.28. The number of aliphatic carboxylic acids is 1. The Morgan fingerprint density at radius 2 is 1.59 bits per heavy atom. The molecule has 2 rings (SSSR count). The third-order valence-corrected chi connectivity index (χ3v) is 6.14. The van der Waals surface area contributed by atoms with Crippen LogP contribution in [-0.4, -0.2) is 23.1 Å². The maximum Gasteiger partial charge on any atom is 0.330 e. The number of carbonyl (C=O) groups is 2. The molecule has 0 aromatic heterocycles. The number of hydrogen-bond acceptors (Lipinski definition) is 3. The lowest BCUT2D eigenvalue weighted by Gasteiger charge is -2.17. The van der Waals surface area contributed by atoms with Gasteiger partial charge in [-0.2, -0.15) is 0 Å². The summed E-state index contributed by atoms with van der Waals surface area (Å²) >= 11 is 0.